The van der Waals surface area contributed by atoms with Crippen molar-refractivity contribution < 1.29 is 4.74 Å². The molecule has 0 bridgehead atoms. The topological polar surface area (TPSA) is 24.5 Å². The Morgan fingerprint density at radius 3 is 2.41 bits per heavy atom. The van der Waals surface area contributed by atoms with Crippen molar-refractivity contribution in [1.82, 2.24) is 10.2 Å². The van der Waals surface area contributed by atoms with Gasteiger partial charge < -0.3 is 10.1 Å². The van der Waals surface area contributed by atoms with Crippen molar-refractivity contribution in [1.29, 1.82) is 0 Å². The normalized spacial score (nSPS) is 12.8. The molecule has 0 heterocycles. The minimum atomic E-state index is 0.481. The lowest BCUT2D eigenvalue weighted by atomic mass is 10.0. The zero-order valence-electron chi connectivity index (χ0n) is 11.4. The molecule has 0 aromatic heterocycles. The lowest BCUT2D eigenvalue weighted by Gasteiger charge is -2.27. The first-order valence-electron chi connectivity index (χ1n) is 6.21. The van der Waals surface area contributed by atoms with Crippen molar-refractivity contribution in [2.24, 2.45) is 0 Å². The molecule has 1 unspecified atom stereocenters. The van der Waals surface area contributed by atoms with Gasteiger partial charge in [-0.25, -0.2) is 0 Å². The average molecular weight is 236 g/mol. The molecule has 3 nitrogen and oxygen atoms in total. The van der Waals surface area contributed by atoms with Gasteiger partial charge in [0.15, 0.2) is 0 Å². The van der Waals surface area contributed by atoms with Crippen LogP contribution in [-0.4, -0.2) is 39.2 Å². The molecule has 0 spiro atoms. The van der Waals surface area contributed by atoms with Crippen LogP contribution in [0, 0.1) is 0 Å². The highest BCUT2D eigenvalue weighted by Crippen LogP contribution is 2.24. The SMILES string of the molecule is CCC(c1ccc(OC)cc1)N(C)CCNC. The Kier molecular flexibility index (Phi) is 6.01. The van der Waals surface area contributed by atoms with Crippen molar-refractivity contribution in [2.45, 2.75) is 19.4 Å². The van der Waals surface area contributed by atoms with Gasteiger partial charge in [0.05, 0.1) is 7.11 Å². The van der Waals surface area contributed by atoms with E-state index in [-0.39, 0.29) is 0 Å². The first kappa shape index (κ1) is 14.0. The summed E-state index contributed by atoms with van der Waals surface area (Å²) in [5, 5.41) is 3.19. The molecular formula is C14H24N2O. The van der Waals surface area contributed by atoms with E-state index in [9.17, 15) is 0 Å². The quantitative estimate of drug-likeness (QED) is 0.786. The van der Waals surface area contributed by atoms with Crippen LogP contribution in [0.3, 0.4) is 0 Å². The summed E-state index contributed by atoms with van der Waals surface area (Å²) in [6, 6.07) is 8.86. The Balaban J connectivity index is 2.70. The lowest BCUT2D eigenvalue weighted by molar-refractivity contribution is 0.240. The highest BCUT2D eigenvalue weighted by molar-refractivity contribution is 5.29. The Morgan fingerprint density at radius 2 is 1.94 bits per heavy atom. The maximum Gasteiger partial charge on any atom is 0.118 e. The Labute approximate surface area is 105 Å². The fourth-order valence-electron chi connectivity index (χ4n) is 2.07. The number of nitrogens with one attached hydrogen (secondary N) is 1. The second-order valence-corrected chi connectivity index (χ2v) is 4.28. The summed E-state index contributed by atoms with van der Waals surface area (Å²) in [5.74, 6) is 0.918. The second-order valence-electron chi connectivity index (χ2n) is 4.28. The number of benzene rings is 1. The Bertz CT molecular complexity index is 311. The lowest BCUT2D eigenvalue weighted by Crippen LogP contribution is -2.30. The molecule has 1 N–H and O–H groups in total. The summed E-state index contributed by atoms with van der Waals surface area (Å²) in [6.45, 7) is 4.30. The highest BCUT2D eigenvalue weighted by atomic mass is 16.5. The number of rotatable bonds is 7. The summed E-state index contributed by atoms with van der Waals surface area (Å²) in [5.41, 5.74) is 1.35. The molecule has 1 aromatic rings. The van der Waals surface area contributed by atoms with Gasteiger partial charge in [0, 0.05) is 19.1 Å². The highest BCUT2D eigenvalue weighted by Gasteiger charge is 2.14. The largest absolute Gasteiger partial charge is 0.497 e. The first-order valence-corrected chi connectivity index (χ1v) is 6.21. The summed E-state index contributed by atoms with van der Waals surface area (Å²) >= 11 is 0. The molecule has 0 saturated heterocycles. The molecule has 0 fully saturated rings. The summed E-state index contributed by atoms with van der Waals surface area (Å²) in [7, 11) is 5.86. The first-order chi connectivity index (χ1) is 8.22. The van der Waals surface area contributed by atoms with Crippen LogP contribution in [0.25, 0.3) is 0 Å². The molecule has 17 heavy (non-hydrogen) atoms. The van der Waals surface area contributed by atoms with E-state index in [0.29, 0.717) is 6.04 Å². The van der Waals surface area contributed by atoms with Crippen LogP contribution < -0.4 is 10.1 Å². The Hall–Kier alpha value is -1.06. The third-order valence-corrected chi connectivity index (χ3v) is 3.13. The van der Waals surface area contributed by atoms with Gasteiger partial charge in [-0.05, 0) is 38.2 Å². The number of methoxy groups -OCH3 is 1. The van der Waals surface area contributed by atoms with Gasteiger partial charge in [0.25, 0.3) is 0 Å². The molecule has 0 radical (unpaired) electrons. The van der Waals surface area contributed by atoms with Gasteiger partial charge in [-0.2, -0.15) is 0 Å². The number of ether oxygens (including phenoxy) is 1. The monoisotopic (exact) mass is 236 g/mol. The number of likely N-dealkylation sites (N-methyl/N-ethyl adjacent to an activating group) is 2. The van der Waals surface area contributed by atoms with Gasteiger partial charge in [-0.1, -0.05) is 19.1 Å². The molecule has 3 heteroatoms. The third kappa shape index (κ3) is 4.02. The molecule has 96 valence electrons. The van der Waals surface area contributed by atoms with Crippen molar-refractivity contribution in [3.8, 4) is 5.75 Å². The molecule has 0 aliphatic heterocycles. The number of hydrogen-bond acceptors (Lipinski definition) is 3. The van der Waals surface area contributed by atoms with E-state index in [1.807, 2.05) is 19.2 Å². The van der Waals surface area contributed by atoms with Crippen LogP contribution in [0.1, 0.15) is 24.9 Å². The fourth-order valence-corrected chi connectivity index (χ4v) is 2.07. The maximum absolute atomic E-state index is 5.18. The molecule has 0 amide bonds. The van der Waals surface area contributed by atoms with Gasteiger partial charge in [0.1, 0.15) is 5.75 Å². The summed E-state index contributed by atoms with van der Waals surface area (Å²) in [6.07, 6.45) is 1.12. The van der Waals surface area contributed by atoms with Crippen LogP contribution in [-0.2, 0) is 0 Å². The smallest absolute Gasteiger partial charge is 0.118 e. The van der Waals surface area contributed by atoms with E-state index < -0.39 is 0 Å². The number of hydrogen-bond donors (Lipinski definition) is 1. The van der Waals surface area contributed by atoms with E-state index >= 15 is 0 Å². The average Bonchev–Trinajstić information content (AvgIpc) is 2.38. The van der Waals surface area contributed by atoms with Crippen molar-refractivity contribution in [3.05, 3.63) is 29.8 Å². The number of nitrogens with zero attached hydrogens (tertiary/aromatic N) is 1. The van der Waals surface area contributed by atoms with Crippen molar-refractivity contribution >= 4 is 0 Å². The summed E-state index contributed by atoms with van der Waals surface area (Å²) in [4.78, 5) is 2.39. The Morgan fingerprint density at radius 1 is 1.29 bits per heavy atom. The molecule has 1 rings (SSSR count). The molecule has 1 atom stereocenters. The van der Waals surface area contributed by atoms with Crippen LogP contribution in [0.2, 0.25) is 0 Å². The fraction of sp³-hybridized carbons (Fsp3) is 0.571. The summed E-state index contributed by atoms with van der Waals surface area (Å²) < 4.78 is 5.18. The van der Waals surface area contributed by atoms with E-state index in [1.165, 1.54) is 5.56 Å². The zero-order valence-corrected chi connectivity index (χ0v) is 11.4. The molecular weight excluding hydrogens is 212 g/mol. The van der Waals surface area contributed by atoms with E-state index in [1.54, 1.807) is 7.11 Å². The van der Waals surface area contributed by atoms with Crippen LogP contribution in [0.4, 0.5) is 0 Å². The van der Waals surface area contributed by atoms with Crippen LogP contribution in [0.15, 0.2) is 24.3 Å². The molecule has 1 aromatic carbocycles. The van der Waals surface area contributed by atoms with Crippen molar-refractivity contribution in [2.75, 3.05) is 34.3 Å². The van der Waals surface area contributed by atoms with Gasteiger partial charge >= 0.3 is 0 Å². The van der Waals surface area contributed by atoms with Gasteiger partial charge in [-0.15, -0.1) is 0 Å². The van der Waals surface area contributed by atoms with Gasteiger partial charge in [0.2, 0.25) is 0 Å². The van der Waals surface area contributed by atoms with E-state index in [0.717, 1.165) is 25.3 Å². The minimum Gasteiger partial charge on any atom is -0.497 e. The maximum atomic E-state index is 5.18. The molecule has 0 aliphatic carbocycles. The minimum absolute atomic E-state index is 0.481. The zero-order chi connectivity index (χ0) is 12.7. The predicted octanol–water partition coefficient (Wildman–Crippen LogP) is 2.30. The standard InChI is InChI=1S/C14H24N2O/c1-5-14(16(3)11-10-15-2)12-6-8-13(17-4)9-7-12/h6-9,14-15H,5,10-11H2,1-4H3. The van der Waals surface area contributed by atoms with Crippen LogP contribution >= 0.6 is 0 Å². The second kappa shape index (κ2) is 7.30. The third-order valence-electron chi connectivity index (χ3n) is 3.13. The van der Waals surface area contributed by atoms with Crippen LogP contribution in [0.5, 0.6) is 5.75 Å². The molecule has 0 saturated carbocycles. The van der Waals surface area contributed by atoms with Crippen molar-refractivity contribution in [3.63, 3.8) is 0 Å². The molecule has 0 aliphatic rings. The van der Waals surface area contributed by atoms with E-state index in [2.05, 4.69) is 36.3 Å². The predicted molar refractivity (Wildman–Crippen MR) is 72.6 cm³/mol. The van der Waals surface area contributed by atoms with E-state index in [4.69, 9.17) is 4.74 Å². The van der Waals surface area contributed by atoms with Gasteiger partial charge in [-0.3, -0.25) is 4.90 Å².